The summed E-state index contributed by atoms with van der Waals surface area (Å²) in [5.41, 5.74) is 1.69. The van der Waals surface area contributed by atoms with Crippen molar-refractivity contribution >= 4 is 11.8 Å². The SMILES string of the molecule is CCCc1ccncc1N=C=O. The number of isocyanates is 1. The summed E-state index contributed by atoms with van der Waals surface area (Å²) in [4.78, 5) is 17.4. The molecule has 0 unspecified atom stereocenters. The van der Waals surface area contributed by atoms with E-state index >= 15 is 0 Å². The Balaban J connectivity index is 2.99. The van der Waals surface area contributed by atoms with Gasteiger partial charge in [-0.15, -0.1) is 0 Å². The Bertz CT molecular complexity index is 303. The zero-order valence-electron chi connectivity index (χ0n) is 6.95. The number of hydrogen-bond acceptors (Lipinski definition) is 3. The van der Waals surface area contributed by atoms with Gasteiger partial charge in [0.15, 0.2) is 0 Å². The lowest BCUT2D eigenvalue weighted by atomic mass is 10.1. The molecule has 0 aliphatic rings. The van der Waals surface area contributed by atoms with Gasteiger partial charge < -0.3 is 0 Å². The minimum absolute atomic E-state index is 0.634. The van der Waals surface area contributed by atoms with Crippen molar-refractivity contribution in [1.82, 2.24) is 4.98 Å². The second-order valence-electron chi connectivity index (χ2n) is 2.46. The maximum atomic E-state index is 10.0. The molecule has 3 heteroatoms. The Kier molecular flexibility index (Phi) is 3.17. The van der Waals surface area contributed by atoms with Gasteiger partial charge in [-0.2, -0.15) is 4.99 Å². The van der Waals surface area contributed by atoms with Crippen molar-refractivity contribution in [3.05, 3.63) is 24.0 Å². The van der Waals surface area contributed by atoms with Crippen LogP contribution >= 0.6 is 0 Å². The first-order chi connectivity index (χ1) is 5.88. The van der Waals surface area contributed by atoms with Gasteiger partial charge in [0.1, 0.15) is 0 Å². The van der Waals surface area contributed by atoms with Crippen LogP contribution in [0.2, 0.25) is 0 Å². The van der Waals surface area contributed by atoms with E-state index in [0.717, 1.165) is 18.4 Å². The highest BCUT2D eigenvalue weighted by Gasteiger charge is 1.98. The van der Waals surface area contributed by atoms with Crippen LogP contribution in [0.25, 0.3) is 0 Å². The van der Waals surface area contributed by atoms with Crippen LogP contribution in [-0.4, -0.2) is 11.1 Å². The molecule has 12 heavy (non-hydrogen) atoms. The molecule has 0 N–H and O–H groups in total. The first-order valence-electron chi connectivity index (χ1n) is 3.89. The van der Waals surface area contributed by atoms with E-state index in [0.29, 0.717) is 5.69 Å². The van der Waals surface area contributed by atoms with Crippen LogP contribution < -0.4 is 0 Å². The van der Waals surface area contributed by atoms with Crippen LogP contribution in [0.4, 0.5) is 5.69 Å². The fourth-order valence-corrected chi connectivity index (χ4v) is 1.05. The van der Waals surface area contributed by atoms with Gasteiger partial charge in [-0.05, 0) is 18.1 Å². The third kappa shape index (κ3) is 2.01. The number of nitrogens with zero attached hydrogens (tertiary/aromatic N) is 2. The molecule has 0 aliphatic carbocycles. The van der Waals surface area contributed by atoms with Gasteiger partial charge in [0.05, 0.1) is 11.9 Å². The molecule has 0 saturated heterocycles. The predicted molar refractivity (Wildman–Crippen MR) is 46.0 cm³/mol. The Hall–Kier alpha value is -1.47. The highest BCUT2D eigenvalue weighted by atomic mass is 16.1. The average Bonchev–Trinajstić information content (AvgIpc) is 2.09. The molecule has 1 aromatic heterocycles. The summed E-state index contributed by atoms with van der Waals surface area (Å²) in [6.45, 7) is 2.08. The van der Waals surface area contributed by atoms with Crippen LogP contribution in [-0.2, 0) is 11.2 Å². The molecule has 0 spiro atoms. The van der Waals surface area contributed by atoms with E-state index in [4.69, 9.17) is 0 Å². The maximum Gasteiger partial charge on any atom is 0.240 e. The van der Waals surface area contributed by atoms with Crippen LogP contribution in [0.5, 0.6) is 0 Å². The van der Waals surface area contributed by atoms with Crippen molar-refractivity contribution in [3.63, 3.8) is 0 Å². The number of carbonyl (C=O) groups excluding carboxylic acids is 1. The molecule has 0 saturated carbocycles. The lowest BCUT2D eigenvalue weighted by Gasteiger charge is -1.99. The maximum absolute atomic E-state index is 10.0. The minimum Gasteiger partial charge on any atom is -0.262 e. The van der Waals surface area contributed by atoms with Crippen LogP contribution in [0, 0.1) is 0 Å². The van der Waals surface area contributed by atoms with E-state index in [-0.39, 0.29) is 0 Å². The molecule has 1 rings (SSSR count). The summed E-state index contributed by atoms with van der Waals surface area (Å²) < 4.78 is 0. The Labute approximate surface area is 71.2 Å². The highest BCUT2D eigenvalue weighted by Crippen LogP contribution is 2.17. The molecular formula is C9H10N2O. The van der Waals surface area contributed by atoms with Crippen molar-refractivity contribution in [2.75, 3.05) is 0 Å². The fourth-order valence-electron chi connectivity index (χ4n) is 1.05. The molecule has 0 aliphatic heterocycles. The van der Waals surface area contributed by atoms with E-state index in [1.807, 2.05) is 6.07 Å². The van der Waals surface area contributed by atoms with Gasteiger partial charge >= 0.3 is 0 Å². The molecule has 0 aromatic carbocycles. The zero-order valence-corrected chi connectivity index (χ0v) is 6.95. The molecule has 0 bridgehead atoms. The molecule has 1 aromatic rings. The van der Waals surface area contributed by atoms with Crippen molar-refractivity contribution in [2.24, 2.45) is 4.99 Å². The van der Waals surface area contributed by atoms with Crippen LogP contribution in [0.3, 0.4) is 0 Å². The van der Waals surface area contributed by atoms with Crippen molar-refractivity contribution in [2.45, 2.75) is 19.8 Å². The minimum atomic E-state index is 0.634. The summed E-state index contributed by atoms with van der Waals surface area (Å²) >= 11 is 0. The second-order valence-corrected chi connectivity index (χ2v) is 2.46. The lowest BCUT2D eigenvalue weighted by Crippen LogP contribution is -1.84. The van der Waals surface area contributed by atoms with Gasteiger partial charge in [-0.1, -0.05) is 13.3 Å². The normalized spacial score (nSPS) is 9.08. The topological polar surface area (TPSA) is 42.3 Å². The van der Waals surface area contributed by atoms with Crippen LogP contribution in [0.1, 0.15) is 18.9 Å². The number of pyridine rings is 1. The first kappa shape index (κ1) is 8.62. The van der Waals surface area contributed by atoms with Crippen molar-refractivity contribution < 1.29 is 4.79 Å². The smallest absolute Gasteiger partial charge is 0.240 e. The summed E-state index contributed by atoms with van der Waals surface area (Å²) in [6.07, 6.45) is 6.75. The number of hydrogen-bond donors (Lipinski definition) is 0. The number of rotatable bonds is 3. The van der Waals surface area contributed by atoms with Gasteiger partial charge in [-0.25, -0.2) is 4.79 Å². The number of aliphatic imine (C=N–C) groups is 1. The molecule has 0 radical (unpaired) electrons. The largest absolute Gasteiger partial charge is 0.262 e. The van der Waals surface area contributed by atoms with Gasteiger partial charge in [-0.3, -0.25) is 4.98 Å². The predicted octanol–water partition coefficient (Wildman–Crippen LogP) is 2.00. The highest BCUT2D eigenvalue weighted by molar-refractivity contribution is 5.51. The summed E-state index contributed by atoms with van der Waals surface area (Å²) in [7, 11) is 0. The molecule has 0 atom stereocenters. The molecular weight excluding hydrogens is 152 g/mol. The Morgan fingerprint density at radius 2 is 2.50 bits per heavy atom. The van der Waals surface area contributed by atoms with Gasteiger partial charge in [0.25, 0.3) is 0 Å². The van der Waals surface area contributed by atoms with Crippen molar-refractivity contribution in [3.8, 4) is 0 Å². The average molecular weight is 162 g/mol. The van der Waals surface area contributed by atoms with E-state index in [1.165, 1.54) is 6.08 Å². The zero-order chi connectivity index (χ0) is 8.81. The third-order valence-electron chi connectivity index (χ3n) is 1.57. The monoisotopic (exact) mass is 162 g/mol. The lowest BCUT2D eigenvalue weighted by molar-refractivity contribution is 0.565. The summed E-state index contributed by atoms with van der Waals surface area (Å²) in [5.74, 6) is 0. The van der Waals surface area contributed by atoms with Crippen LogP contribution in [0.15, 0.2) is 23.5 Å². The van der Waals surface area contributed by atoms with E-state index in [1.54, 1.807) is 12.4 Å². The quantitative estimate of drug-likeness (QED) is 0.504. The van der Waals surface area contributed by atoms with Crippen molar-refractivity contribution in [1.29, 1.82) is 0 Å². The number of aromatic nitrogens is 1. The summed E-state index contributed by atoms with van der Waals surface area (Å²) in [6, 6.07) is 1.87. The summed E-state index contributed by atoms with van der Waals surface area (Å²) in [5, 5.41) is 0. The molecule has 0 fully saturated rings. The first-order valence-corrected chi connectivity index (χ1v) is 3.89. The molecule has 3 nitrogen and oxygen atoms in total. The van der Waals surface area contributed by atoms with Gasteiger partial charge in [0.2, 0.25) is 6.08 Å². The Morgan fingerprint density at radius 1 is 1.67 bits per heavy atom. The standard InChI is InChI=1S/C9H10N2O/c1-2-3-8-4-5-10-6-9(8)11-7-12/h4-6H,2-3H2,1H3. The van der Waals surface area contributed by atoms with E-state index in [9.17, 15) is 4.79 Å². The second kappa shape index (κ2) is 4.42. The number of aryl methyl sites for hydroxylation is 1. The fraction of sp³-hybridized carbons (Fsp3) is 0.333. The molecule has 1 heterocycles. The third-order valence-corrected chi connectivity index (χ3v) is 1.57. The van der Waals surface area contributed by atoms with Gasteiger partial charge in [0, 0.05) is 6.20 Å². The molecule has 0 amide bonds. The Morgan fingerprint density at radius 3 is 3.17 bits per heavy atom. The molecule has 62 valence electrons. The van der Waals surface area contributed by atoms with E-state index in [2.05, 4.69) is 16.9 Å². The van der Waals surface area contributed by atoms with E-state index < -0.39 is 0 Å².